The summed E-state index contributed by atoms with van der Waals surface area (Å²) in [6.07, 6.45) is 5.09. The number of hydrogen-bond donors (Lipinski definition) is 1. The molecule has 2 nitrogen and oxygen atoms in total. The number of benzene rings is 1. The number of rotatable bonds is 5. The Bertz CT molecular complexity index is 419. The predicted octanol–water partition coefficient (Wildman–Crippen LogP) is 4.47. The van der Waals surface area contributed by atoms with E-state index < -0.39 is 0 Å². The quantitative estimate of drug-likeness (QED) is 0.806. The van der Waals surface area contributed by atoms with Crippen molar-refractivity contribution in [2.45, 2.75) is 46.1 Å². The highest BCUT2D eigenvalue weighted by Gasteiger charge is 2.16. The topological polar surface area (TPSA) is 15.3 Å². The van der Waals surface area contributed by atoms with E-state index in [0.29, 0.717) is 0 Å². The molecule has 0 radical (unpaired) electrons. The Kier molecular flexibility index (Phi) is 6.18. The molecule has 0 amide bonds. The third kappa shape index (κ3) is 4.39. The van der Waals surface area contributed by atoms with Gasteiger partial charge in [-0.2, -0.15) is 0 Å². The first-order chi connectivity index (χ1) is 9.70. The van der Waals surface area contributed by atoms with Crippen molar-refractivity contribution in [3.05, 3.63) is 28.8 Å². The van der Waals surface area contributed by atoms with Crippen LogP contribution >= 0.6 is 11.6 Å². The monoisotopic (exact) mass is 294 g/mol. The van der Waals surface area contributed by atoms with Crippen LogP contribution in [-0.4, -0.2) is 19.6 Å². The Labute approximate surface area is 128 Å². The van der Waals surface area contributed by atoms with Crippen LogP contribution in [0.25, 0.3) is 0 Å². The number of nitrogens with zero attached hydrogens (tertiary/aromatic N) is 1. The van der Waals surface area contributed by atoms with E-state index in [2.05, 4.69) is 36.2 Å². The van der Waals surface area contributed by atoms with Gasteiger partial charge in [-0.05, 0) is 55.8 Å². The lowest BCUT2D eigenvalue weighted by Gasteiger charge is -2.26. The molecule has 1 aliphatic rings. The van der Waals surface area contributed by atoms with Crippen LogP contribution in [0.4, 0.5) is 5.69 Å². The van der Waals surface area contributed by atoms with Gasteiger partial charge in [0.15, 0.2) is 0 Å². The highest BCUT2D eigenvalue weighted by Crippen LogP contribution is 2.28. The maximum absolute atomic E-state index is 6.22. The van der Waals surface area contributed by atoms with Gasteiger partial charge >= 0.3 is 0 Å². The average molecular weight is 295 g/mol. The molecule has 1 aromatic rings. The van der Waals surface area contributed by atoms with E-state index in [4.69, 9.17) is 11.6 Å². The van der Waals surface area contributed by atoms with E-state index in [0.717, 1.165) is 37.1 Å². The Morgan fingerprint density at radius 1 is 1.30 bits per heavy atom. The summed E-state index contributed by atoms with van der Waals surface area (Å²) in [5.41, 5.74) is 2.70. The molecule has 1 unspecified atom stereocenters. The van der Waals surface area contributed by atoms with E-state index in [1.807, 2.05) is 6.07 Å². The number of hydrogen-bond acceptors (Lipinski definition) is 2. The van der Waals surface area contributed by atoms with Crippen LogP contribution in [0, 0.1) is 5.92 Å². The zero-order chi connectivity index (χ0) is 14.4. The molecule has 1 aromatic carbocycles. The van der Waals surface area contributed by atoms with Gasteiger partial charge in [-0.15, -0.1) is 0 Å². The highest BCUT2D eigenvalue weighted by molar-refractivity contribution is 6.30. The number of anilines is 1. The SMILES string of the molecule is CCCNCc1ccc(Cl)cc1N1CCCC(C)CC1. The van der Waals surface area contributed by atoms with Crippen LogP contribution in [0.3, 0.4) is 0 Å². The summed E-state index contributed by atoms with van der Waals surface area (Å²) in [7, 11) is 0. The first kappa shape index (κ1) is 15.7. The summed E-state index contributed by atoms with van der Waals surface area (Å²) in [6.45, 7) is 8.89. The minimum atomic E-state index is 0.844. The molecular formula is C17H27ClN2. The highest BCUT2D eigenvalue weighted by atomic mass is 35.5. The van der Waals surface area contributed by atoms with E-state index in [1.54, 1.807) is 0 Å². The minimum Gasteiger partial charge on any atom is -0.371 e. The average Bonchev–Trinajstić information content (AvgIpc) is 2.65. The zero-order valence-corrected chi connectivity index (χ0v) is 13.5. The van der Waals surface area contributed by atoms with Crippen molar-refractivity contribution in [3.8, 4) is 0 Å². The van der Waals surface area contributed by atoms with E-state index in [9.17, 15) is 0 Å². The van der Waals surface area contributed by atoms with Crippen LogP contribution in [0.5, 0.6) is 0 Å². The molecule has 1 fully saturated rings. The normalized spacial score (nSPS) is 19.9. The van der Waals surface area contributed by atoms with E-state index in [1.165, 1.54) is 36.9 Å². The lowest BCUT2D eigenvalue weighted by Crippen LogP contribution is -2.26. The molecule has 1 saturated heterocycles. The molecule has 1 heterocycles. The van der Waals surface area contributed by atoms with Crippen molar-refractivity contribution in [3.63, 3.8) is 0 Å². The van der Waals surface area contributed by atoms with Gasteiger partial charge in [0.25, 0.3) is 0 Å². The first-order valence-electron chi connectivity index (χ1n) is 7.94. The van der Waals surface area contributed by atoms with Crippen LogP contribution in [0.1, 0.15) is 45.1 Å². The first-order valence-corrected chi connectivity index (χ1v) is 8.32. The Balaban J connectivity index is 2.13. The van der Waals surface area contributed by atoms with Crippen LogP contribution < -0.4 is 10.2 Å². The van der Waals surface area contributed by atoms with Gasteiger partial charge in [-0.3, -0.25) is 0 Å². The van der Waals surface area contributed by atoms with Gasteiger partial charge in [0.1, 0.15) is 0 Å². The summed E-state index contributed by atoms with van der Waals surface area (Å²) >= 11 is 6.22. The van der Waals surface area contributed by atoms with Crippen molar-refractivity contribution in [2.75, 3.05) is 24.5 Å². The lowest BCUT2D eigenvalue weighted by molar-refractivity contribution is 0.521. The van der Waals surface area contributed by atoms with Gasteiger partial charge in [0.2, 0.25) is 0 Å². The predicted molar refractivity (Wildman–Crippen MR) is 88.7 cm³/mol. The Morgan fingerprint density at radius 2 is 2.15 bits per heavy atom. The Morgan fingerprint density at radius 3 is 2.95 bits per heavy atom. The van der Waals surface area contributed by atoms with Crippen molar-refractivity contribution < 1.29 is 0 Å². The minimum absolute atomic E-state index is 0.844. The molecular weight excluding hydrogens is 268 g/mol. The lowest BCUT2D eigenvalue weighted by atomic mass is 10.0. The fourth-order valence-corrected chi connectivity index (χ4v) is 3.05. The molecule has 0 spiro atoms. The standard InChI is InChI=1S/C17H27ClN2/c1-3-9-19-13-15-6-7-16(18)12-17(15)20-10-4-5-14(2)8-11-20/h6-7,12,14,19H,3-5,8-11,13H2,1-2H3. The van der Waals surface area contributed by atoms with E-state index >= 15 is 0 Å². The number of nitrogens with one attached hydrogen (secondary N) is 1. The van der Waals surface area contributed by atoms with Crippen LogP contribution in [0.15, 0.2) is 18.2 Å². The molecule has 1 N–H and O–H groups in total. The van der Waals surface area contributed by atoms with Crippen LogP contribution in [0.2, 0.25) is 5.02 Å². The molecule has 0 saturated carbocycles. The molecule has 0 bridgehead atoms. The van der Waals surface area contributed by atoms with Crippen molar-refractivity contribution in [1.29, 1.82) is 0 Å². The zero-order valence-electron chi connectivity index (χ0n) is 12.8. The van der Waals surface area contributed by atoms with Gasteiger partial charge in [0, 0.05) is 30.3 Å². The van der Waals surface area contributed by atoms with Crippen molar-refractivity contribution >= 4 is 17.3 Å². The summed E-state index contributed by atoms with van der Waals surface area (Å²) in [5, 5.41) is 4.35. The summed E-state index contributed by atoms with van der Waals surface area (Å²) in [4.78, 5) is 2.53. The van der Waals surface area contributed by atoms with Gasteiger partial charge < -0.3 is 10.2 Å². The second-order valence-corrected chi connectivity index (χ2v) is 6.41. The second-order valence-electron chi connectivity index (χ2n) is 5.97. The molecule has 1 aliphatic heterocycles. The Hall–Kier alpha value is -0.730. The van der Waals surface area contributed by atoms with E-state index in [-0.39, 0.29) is 0 Å². The summed E-state index contributed by atoms with van der Waals surface area (Å²) in [6, 6.07) is 6.32. The largest absolute Gasteiger partial charge is 0.371 e. The van der Waals surface area contributed by atoms with Crippen LogP contribution in [-0.2, 0) is 6.54 Å². The maximum atomic E-state index is 6.22. The van der Waals surface area contributed by atoms with Crippen molar-refractivity contribution in [1.82, 2.24) is 5.32 Å². The van der Waals surface area contributed by atoms with Gasteiger partial charge in [-0.25, -0.2) is 0 Å². The van der Waals surface area contributed by atoms with Gasteiger partial charge in [-0.1, -0.05) is 31.5 Å². The molecule has 0 aromatic heterocycles. The fourth-order valence-electron chi connectivity index (χ4n) is 2.88. The fraction of sp³-hybridized carbons (Fsp3) is 0.647. The van der Waals surface area contributed by atoms with Gasteiger partial charge in [0.05, 0.1) is 0 Å². The van der Waals surface area contributed by atoms with Crippen molar-refractivity contribution in [2.24, 2.45) is 5.92 Å². The second kappa shape index (κ2) is 7.90. The summed E-state index contributed by atoms with van der Waals surface area (Å²) < 4.78 is 0. The molecule has 0 aliphatic carbocycles. The molecule has 112 valence electrons. The molecule has 1 atom stereocenters. The third-order valence-electron chi connectivity index (χ3n) is 4.15. The smallest absolute Gasteiger partial charge is 0.0426 e. The molecule has 20 heavy (non-hydrogen) atoms. The molecule has 2 rings (SSSR count). The maximum Gasteiger partial charge on any atom is 0.0426 e. The third-order valence-corrected chi connectivity index (χ3v) is 4.38. The number of halogens is 1. The summed E-state index contributed by atoms with van der Waals surface area (Å²) in [5.74, 6) is 0.848. The molecule has 3 heteroatoms.